The molecule has 4 rings (SSSR count). The number of carbonyl (C=O) groups is 1. The van der Waals surface area contributed by atoms with E-state index in [1.165, 1.54) is 5.56 Å². The van der Waals surface area contributed by atoms with Crippen LogP contribution in [0.15, 0.2) is 53.0 Å². The van der Waals surface area contributed by atoms with Crippen LogP contribution < -0.4 is 5.32 Å². The number of hydrogen-bond acceptors (Lipinski definition) is 3. The lowest BCUT2D eigenvalue weighted by Crippen LogP contribution is -2.07. The second kappa shape index (κ2) is 6.96. The minimum Gasteiger partial charge on any atom is -0.478 e. The molecule has 0 aliphatic carbocycles. The molecule has 1 aliphatic heterocycles. The fraction of sp³-hybridized carbons (Fsp3) is 0.200. The van der Waals surface area contributed by atoms with Crippen LogP contribution in [-0.4, -0.2) is 27.4 Å². The van der Waals surface area contributed by atoms with Crippen LogP contribution in [0, 0.1) is 0 Å². The summed E-state index contributed by atoms with van der Waals surface area (Å²) in [4.78, 5) is 11.1. The van der Waals surface area contributed by atoms with Crippen molar-refractivity contribution in [2.45, 2.75) is 19.3 Å². The van der Waals surface area contributed by atoms with E-state index in [-0.39, 0.29) is 5.56 Å². The van der Waals surface area contributed by atoms with Gasteiger partial charge in [0.15, 0.2) is 0 Å². The van der Waals surface area contributed by atoms with E-state index in [0.29, 0.717) is 0 Å². The molecule has 2 heterocycles. The topological polar surface area (TPSA) is 67.1 Å². The number of rotatable bonds is 3. The molecule has 3 aromatic rings. The van der Waals surface area contributed by atoms with Crippen molar-refractivity contribution in [1.29, 1.82) is 0 Å². The number of carboxylic acids is 1. The van der Waals surface area contributed by atoms with Crippen molar-refractivity contribution >= 4 is 27.7 Å². The van der Waals surface area contributed by atoms with Gasteiger partial charge in [-0.15, -0.1) is 0 Å². The van der Waals surface area contributed by atoms with Crippen LogP contribution in [0.4, 0.5) is 5.82 Å². The van der Waals surface area contributed by atoms with Crippen LogP contribution >= 0.6 is 15.9 Å². The lowest BCUT2D eigenvalue weighted by molar-refractivity contribution is 0.0697. The molecule has 0 saturated heterocycles. The molecule has 0 unspecified atom stereocenters. The zero-order chi connectivity index (χ0) is 18.1. The predicted octanol–water partition coefficient (Wildman–Crippen LogP) is 4.75. The average Bonchev–Trinajstić information content (AvgIpc) is 2.84. The molecule has 0 radical (unpaired) electrons. The number of nitrogens with one attached hydrogen (secondary N) is 1. The Morgan fingerprint density at radius 2 is 1.81 bits per heavy atom. The number of aromatic nitrogens is 2. The highest BCUT2D eigenvalue weighted by molar-refractivity contribution is 9.10. The highest BCUT2D eigenvalue weighted by atomic mass is 79.9. The molecule has 0 saturated carbocycles. The van der Waals surface area contributed by atoms with E-state index in [4.69, 9.17) is 10.2 Å². The van der Waals surface area contributed by atoms with Crippen LogP contribution in [0.1, 0.15) is 28.8 Å². The van der Waals surface area contributed by atoms with Crippen molar-refractivity contribution in [3.8, 4) is 16.9 Å². The summed E-state index contributed by atoms with van der Waals surface area (Å²) < 4.78 is 2.93. The second-order valence-corrected chi connectivity index (χ2v) is 7.25. The second-order valence-electron chi connectivity index (χ2n) is 6.33. The minimum absolute atomic E-state index is 0.271. The lowest BCUT2D eigenvalue weighted by atomic mass is 10.0. The number of nitrogens with zero attached hydrogens (tertiary/aromatic N) is 2. The molecule has 26 heavy (non-hydrogen) atoms. The van der Waals surface area contributed by atoms with Gasteiger partial charge in [0.2, 0.25) is 0 Å². The molecule has 132 valence electrons. The Morgan fingerprint density at radius 1 is 1.08 bits per heavy atom. The smallest absolute Gasteiger partial charge is 0.335 e. The highest BCUT2D eigenvalue weighted by Crippen LogP contribution is 2.34. The number of benzene rings is 2. The molecule has 0 bridgehead atoms. The Hall–Kier alpha value is -2.60. The summed E-state index contributed by atoms with van der Waals surface area (Å²) in [5.74, 6) is 0.0769. The van der Waals surface area contributed by atoms with Gasteiger partial charge in [-0.3, -0.25) is 0 Å². The number of fused-ring (bicyclic) bond motifs is 1. The largest absolute Gasteiger partial charge is 0.478 e. The van der Waals surface area contributed by atoms with Gasteiger partial charge in [0.05, 0.1) is 16.9 Å². The number of hydrogen-bond donors (Lipinski definition) is 2. The minimum atomic E-state index is -0.926. The summed E-state index contributed by atoms with van der Waals surface area (Å²) in [7, 11) is 0. The molecule has 1 aliphatic rings. The molecule has 2 aromatic carbocycles. The first-order valence-electron chi connectivity index (χ1n) is 8.59. The van der Waals surface area contributed by atoms with Gasteiger partial charge in [-0.2, -0.15) is 5.10 Å². The first kappa shape index (κ1) is 16.8. The third-order valence-corrected chi connectivity index (χ3v) is 5.13. The molecule has 6 heteroatoms. The maximum Gasteiger partial charge on any atom is 0.335 e. The molecule has 2 N–H and O–H groups in total. The molecule has 1 aromatic heterocycles. The summed E-state index contributed by atoms with van der Waals surface area (Å²) in [5, 5.41) is 17.5. The van der Waals surface area contributed by atoms with Gasteiger partial charge in [0.1, 0.15) is 5.82 Å². The van der Waals surface area contributed by atoms with Gasteiger partial charge in [-0.05, 0) is 55.7 Å². The summed E-state index contributed by atoms with van der Waals surface area (Å²) in [6.07, 6.45) is 3.21. The fourth-order valence-electron chi connectivity index (χ4n) is 3.27. The zero-order valence-corrected chi connectivity index (χ0v) is 15.7. The maximum absolute atomic E-state index is 11.1. The van der Waals surface area contributed by atoms with Crippen molar-refractivity contribution in [3.05, 3.63) is 64.1 Å². The van der Waals surface area contributed by atoms with Gasteiger partial charge in [-0.25, -0.2) is 9.48 Å². The van der Waals surface area contributed by atoms with Crippen molar-refractivity contribution < 1.29 is 9.90 Å². The van der Waals surface area contributed by atoms with E-state index in [1.807, 2.05) is 16.8 Å². The number of carboxylic acid groups (broad SMARTS) is 1. The van der Waals surface area contributed by atoms with Crippen molar-refractivity contribution in [2.24, 2.45) is 0 Å². The Morgan fingerprint density at radius 3 is 2.50 bits per heavy atom. The van der Waals surface area contributed by atoms with Crippen LogP contribution in [0.2, 0.25) is 0 Å². The Labute approximate surface area is 159 Å². The van der Waals surface area contributed by atoms with E-state index in [2.05, 4.69) is 33.4 Å². The standard InChI is InChI=1S/C20H18BrN3O2/c21-15-8-4-13(5-9-15)18-17-3-1-2-12-22-19(17)24(23-18)16-10-6-14(7-11-16)20(25)26/h4-11,22H,1-3,12H2,(H,25,26). The third kappa shape index (κ3) is 3.12. The summed E-state index contributed by atoms with van der Waals surface area (Å²) >= 11 is 3.48. The van der Waals surface area contributed by atoms with E-state index in [1.54, 1.807) is 24.3 Å². The average molecular weight is 412 g/mol. The van der Waals surface area contributed by atoms with Crippen LogP contribution in [0.3, 0.4) is 0 Å². The monoisotopic (exact) mass is 411 g/mol. The lowest BCUT2D eigenvalue weighted by Gasteiger charge is -2.09. The predicted molar refractivity (Wildman–Crippen MR) is 105 cm³/mol. The molecule has 0 atom stereocenters. The van der Waals surface area contributed by atoms with E-state index < -0.39 is 5.97 Å². The summed E-state index contributed by atoms with van der Waals surface area (Å²) in [6, 6.07) is 15.0. The van der Waals surface area contributed by atoms with Gasteiger partial charge >= 0.3 is 5.97 Å². The van der Waals surface area contributed by atoms with E-state index in [0.717, 1.165) is 53.0 Å². The highest BCUT2D eigenvalue weighted by Gasteiger charge is 2.21. The maximum atomic E-state index is 11.1. The number of anilines is 1. The number of aromatic carboxylic acids is 1. The van der Waals surface area contributed by atoms with E-state index in [9.17, 15) is 4.79 Å². The third-order valence-electron chi connectivity index (χ3n) is 4.61. The van der Waals surface area contributed by atoms with Crippen LogP contribution in [0.5, 0.6) is 0 Å². The van der Waals surface area contributed by atoms with Crippen LogP contribution in [-0.2, 0) is 6.42 Å². The van der Waals surface area contributed by atoms with Gasteiger partial charge in [0.25, 0.3) is 0 Å². The Balaban J connectivity index is 1.84. The molecular weight excluding hydrogens is 394 g/mol. The Kier molecular flexibility index (Phi) is 4.51. The summed E-state index contributed by atoms with van der Waals surface area (Å²) in [6.45, 7) is 0.908. The first-order chi connectivity index (χ1) is 12.6. The SMILES string of the molecule is O=C(O)c1ccc(-n2nc(-c3ccc(Br)cc3)c3c2NCCCC3)cc1. The molecule has 5 nitrogen and oxygen atoms in total. The van der Waals surface area contributed by atoms with Crippen molar-refractivity contribution in [2.75, 3.05) is 11.9 Å². The Bertz CT molecular complexity index is 946. The number of halogens is 1. The molecular formula is C20H18BrN3O2. The summed E-state index contributed by atoms with van der Waals surface area (Å²) in [5.41, 5.74) is 4.39. The van der Waals surface area contributed by atoms with Gasteiger partial charge < -0.3 is 10.4 Å². The quantitative estimate of drug-likeness (QED) is 0.652. The normalized spacial score (nSPS) is 13.6. The van der Waals surface area contributed by atoms with Crippen LogP contribution in [0.25, 0.3) is 16.9 Å². The molecule has 0 fully saturated rings. The molecule has 0 amide bonds. The fourth-order valence-corrected chi connectivity index (χ4v) is 3.54. The van der Waals surface area contributed by atoms with Crippen molar-refractivity contribution in [1.82, 2.24) is 9.78 Å². The zero-order valence-electron chi connectivity index (χ0n) is 14.1. The van der Waals surface area contributed by atoms with Gasteiger partial charge in [0, 0.05) is 22.1 Å². The van der Waals surface area contributed by atoms with Gasteiger partial charge in [-0.1, -0.05) is 28.1 Å². The first-order valence-corrected chi connectivity index (χ1v) is 9.38. The van der Waals surface area contributed by atoms with Crippen molar-refractivity contribution in [3.63, 3.8) is 0 Å². The molecule has 0 spiro atoms. The van der Waals surface area contributed by atoms with E-state index >= 15 is 0 Å².